The first kappa shape index (κ1) is 15.4. The standard InChI is InChI=1S/C18H27NOS/c20-18-9-5-4-8-17(18)13-19(11-10-18)12-16(14-21)15-6-2-1-3-7-15/h1-3,6-7,16-17,20-21H,4-5,8-14H2. The van der Waals surface area contributed by atoms with Crippen LogP contribution in [0.2, 0.25) is 0 Å². The lowest BCUT2D eigenvalue weighted by molar-refractivity contribution is -0.0957. The van der Waals surface area contributed by atoms with Crippen molar-refractivity contribution < 1.29 is 5.11 Å². The number of hydrogen-bond acceptors (Lipinski definition) is 3. The molecule has 2 fully saturated rings. The van der Waals surface area contributed by atoms with Crippen LogP contribution in [0.15, 0.2) is 30.3 Å². The molecule has 1 aromatic rings. The molecule has 1 aromatic carbocycles. The fraction of sp³-hybridized carbons (Fsp3) is 0.667. The summed E-state index contributed by atoms with van der Waals surface area (Å²) in [5, 5.41) is 10.8. The predicted octanol–water partition coefficient (Wildman–Crippen LogP) is 3.33. The Morgan fingerprint density at radius 1 is 1.24 bits per heavy atom. The van der Waals surface area contributed by atoms with Crippen LogP contribution in [-0.2, 0) is 0 Å². The normalized spacial score (nSPS) is 31.6. The van der Waals surface area contributed by atoms with Crippen LogP contribution in [0.4, 0.5) is 0 Å². The Balaban J connectivity index is 1.63. The van der Waals surface area contributed by atoms with Gasteiger partial charge in [0.15, 0.2) is 0 Å². The summed E-state index contributed by atoms with van der Waals surface area (Å²) >= 11 is 4.56. The van der Waals surface area contributed by atoms with Gasteiger partial charge in [-0.2, -0.15) is 12.6 Å². The van der Waals surface area contributed by atoms with Crippen molar-refractivity contribution in [3.63, 3.8) is 0 Å². The number of aliphatic hydroxyl groups is 1. The first-order valence-electron chi connectivity index (χ1n) is 8.32. The van der Waals surface area contributed by atoms with Gasteiger partial charge in [-0.15, -0.1) is 0 Å². The van der Waals surface area contributed by atoms with Gasteiger partial charge < -0.3 is 10.0 Å². The Morgan fingerprint density at radius 2 is 2.05 bits per heavy atom. The lowest BCUT2D eigenvalue weighted by Gasteiger charge is -2.48. The van der Waals surface area contributed by atoms with Crippen LogP contribution in [0.5, 0.6) is 0 Å². The molecule has 21 heavy (non-hydrogen) atoms. The van der Waals surface area contributed by atoms with E-state index >= 15 is 0 Å². The average Bonchev–Trinajstić information content (AvgIpc) is 2.53. The second kappa shape index (κ2) is 6.72. The number of benzene rings is 1. The minimum atomic E-state index is -0.363. The summed E-state index contributed by atoms with van der Waals surface area (Å²) in [6, 6.07) is 10.7. The third kappa shape index (κ3) is 3.46. The van der Waals surface area contributed by atoms with Gasteiger partial charge >= 0.3 is 0 Å². The van der Waals surface area contributed by atoms with E-state index in [0.29, 0.717) is 11.8 Å². The highest BCUT2D eigenvalue weighted by Crippen LogP contribution is 2.40. The average molecular weight is 305 g/mol. The number of piperidine rings is 1. The molecule has 3 atom stereocenters. The van der Waals surface area contributed by atoms with Crippen molar-refractivity contribution in [2.45, 2.75) is 43.6 Å². The second-order valence-electron chi connectivity index (χ2n) is 6.85. The summed E-state index contributed by atoms with van der Waals surface area (Å²) in [5.74, 6) is 1.86. The highest BCUT2D eigenvalue weighted by Gasteiger charge is 2.42. The monoisotopic (exact) mass is 305 g/mol. The van der Waals surface area contributed by atoms with E-state index in [4.69, 9.17) is 0 Å². The van der Waals surface area contributed by atoms with E-state index in [1.807, 2.05) is 0 Å². The van der Waals surface area contributed by atoms with Gasteiger partial charge in [-0.1, -0.05) is 43.2 Å². The number of fused-ring (bicyclic) bond motifs is 1. The van der Waals surface area contributed by atoms with Gasteiger partial charge in [0.1, 0.15) is 0 Å². The summed E-state index contributed by atoms with van der Waals surface area (Å²) < 4.78 is 0. The van der Waals surface area contributed by atoms with Crippen LogP contribution in [-0.4, -0.2) is 41.0 Å². The topological polar surface area (TPSA) is 23.5 Å². The zero-order valence-corrected chi connectivity index (χ0v) is 13.6. The van der Waals surface area contributed by atoms with Crippen LogP contribution in [0.1, 0.15) is 43.6 Å². The molecule has 0 bridgehead atoms. The minimum absolute atomic E-state index is 0.363. The van der Waals surface area contributed by atoms with Crippen molar-refractivity contribution in [1.29, 1.82) is 0 Å². The summed E-state index contributed by atoms with van der Waals surface area (Å²) in [4.78, 5) is 2.55. The van der Waals surface area contributed by atoms with Crippen molar-refractivity contribution in [1.82, 2.24) is 4.90 Å². The quantitative estimate of drug-likeness (QED) is 0.834. The highest BCUT2D eigenvalue weighted by atomic mass is 32.1. The Morgan fingerprint density at radius 3 is 2.81 bits per heavy atom. The van der Waals surface area contributed by atoms with Crippen molar-refractivity contribution >= 4 is 12.6 Å². The third-order valence-corrected chi connectivity index (χ3v) is 5.92. The zero-order valence-electron chi connectivity index (χ0n) is 12.7. The zero-order chi connectivity index (χ0) is 14.7. The molecule has 2 aliphatic rings. The molecular weight excluding hydrogens is 278 g/mol. The summed E-state index contributed by atoms with van der Waals surface area (Å²) in [6.07, 6.45) is 5.65. The SMILES string of the molecule is OC12CCCCC1CN(CC(CS)c1ccccc1)CC2. The number of hydrogen-bond donors (Lipinski definition) is 2. The van der Waals surface area contributed by atoms with Crippen molar-refractivity contribution in [2.24, 2.45) is 5.92 Å². The van der Waals surface area contributed by atoms with Gasteiger partial charge in [0.05, 0.1) is 5.60 Å². The van der Waals surface area contributed by atoms with Crippen LogP contribution in [0, 0.1) is 5.92 Å². The molecule has 0 spiro atoms. The molecule has 0 radical (unpaired) electrons. The van der Waals surface area contributed by atoms with E-state index in [0.717, 1.165) is 38.2 Å². The van der Waals surface area contributed by atoms with E-state index in [2.05, 4.69) is 47.9 Å². The molecule has 1 saturated heterocycles. The number of rotatable bonds is 4. The van der Waals surface area contributed by atoms with Crippen LogP contribution in [0.25, 0.3) is 0 Å². The molecular formula is C18H27NOS. The number of thiol groups is 1. The smallest absolute Gasteiger partial charge is 0.0700 e. The lowest BCUT2D eigenvalue weighted by atomic mass is 9.71. The Kier molecular flexibility index (Phi) is 4.92. The summed E-state index contributed by atoms with van der Waals surface area (Å²) in [6.45, 7) is 3.16. The van der Waals surface area contributed by atoms with E-state index in [1.165, 1.54) is 24.8 Å². The third-order valence-electron chi connectivity index (χ3n) is 5.48. The Hall–Kier alpha value is -0.510. The molecule has 3 heteroatoms. The Bertz CT molecular complexity index is 452. The van der Waals surface area contributed by atoms with Gasteiger partial charge in [0, 0.05) is 31.5 Å². The predicted molar refractivity (Wildman–Crippen MR) is 91.0 cm³/mol. The van der Waals surface area contributed by atoms with E-state index in [9.17, 15) is 5.11 Å². The lowest BCUT2D eigenvalue weighted by Crippen LogP contribution is -2.53. The van der Waals surface area contributed by atoms with Gasteiger partial charge in [-0.3, -0.25) is 0 Å². The van der Waals surface area contributed by atoms with Gasteiger partial charge in [0.25, 0.3) is 0 Å². The van der Waals surface area contributed by atoms with Crippen LogP contribution >= 0.6 is 12.6 Å². The fourth-order valence-corrected chi connectivity index (χ4v) is 4.44. The molecule has 1 saturated carbocycles. The molecule has 1 aliphatic heterocycles. The van der Waals surface area contributed by atoms with Gasteiger partial charge in [-0.25, -0.2) is 0 Å². The number of likely N-dealkylation sites (tertiary alicyclic amines) is 1. The maximum Gasteiger partial charge on any atom is 0.0700 e. The van der Waals surface area contributed by atoms with Crippen LogP contribution < -0.4 is 0 Å². The number of nitrogens with zero attached hydrogens (tertiary/aromatic N) is 1. The molecule has 2 nitrogen and oxygen atoms in total. The molecule has 116 valence electrons. The van der Waals surface area contributed by atoms with E-state index in [-0.39, 0.29) is 5.60 Å². The second-order valence-corrected chi connectivity index (χ2v) is 7.21. The van der Waals surface area contributed by atoms with Gasteiger partial charge in [-0.05, 0) is 30.6 Å². The summed E-state index contributed by atoms with van der Waals surface area (Å²) in [5.41, 5.74) is 1.02. The Labute approximate surface area is 134 Å². The first-order valence-corrected chi connectivity index (χ1v) is 8.95. The molecule has 3 rings (SSSR count). The molecule has 0 aromatic heterocycles. The van der Waals surface area contributed by atoms with Crippen molar-refractivity contribution in [3.8, 4) is 0 Å². The van der Waals surface area contributed by atoms with Gasteiger partial charge in [0.2, 0.25) is 0 Å². The molecule has 1 N–H and O–H groups in total. The van der Waals surface area contributed by atoms with Crippen LogP contribution in [0.3, 0.4) is 0 Å². The van der Waals surface area contributed by atoms with E-state index in [1.54, 1.807) is 0 Å². The largest absolute Gasteiger partial charge is 0.390 e. The summed E-state index contributed by atoms with van der Waals surface area (Å²) in [7, 11) is 0. The van der Waals surface area contributed by atoms with Crippen molar-refractivity contribution in [3.05, 3.63) is 35.9 Å². The van der Waals surface area contributed by atoms with Crippen molar-refractivity contribution in [2.75, 3.05) is 25.4 Å². The first-order chi connectivity index (χ1) is 10.2. The highest BCUT2D eigenvalue weighted by molar-refractivity contribution is 7.80. The maximum atomic E-state index is 10.8. The molecule has 1 heterocycles. The molecule has 3 unspecified atom stereocenters. The molecule has 1 aliphatic carbocycles. The fourth-order valence-electron chi connectivity index (χ4n) is 4.11. The molecule has 0 amide bonds. The van der Waals surface area contributed by atoms with E-state index < -0.39 is 0 Å². The minimum Gasteiger partial charge on any atom is -0.390 e. The maximum absolute atomic E-state index is 10.8.